The highest BCUT2D eigenvalue weighted by molar-refractivity contribution is 14.2. The third-order valence-electron chi connectivity index (χ3n) is 1.84. The van der Waals surface area contributed by atoms with Gasteiger partial charge in [0.05, 0.1) is 22.6 Å². The maximum Gasteiger partial charge on any atom is 0.0905 e. The van der Waals surface area contributed by atoms with Gasteiger partial charge in [0.2, 0.25) is 0 Å². The standard InChI is InChI=1S/C7H6BrIN3P/c1-4-5-2-11-12(13-9)7(5)6(8)3-10-4/h2-3,13H,1H3. The molecule has 0 aliphatic heterocycles. The molecule has 1 atom stereocenters. The second-order valence-electron chi connectivity index (χ2n) is 2.59. The fourth-order valence-corrected chi connectivity index (χ4v) is 3.36. The first-order chi connectivity index (χ1) is 6.24. The van der Waals surface area contributed by atoms with Crippen LogP contribution in [0.4, 0.5) is 0 Å². The fraction of sp³-hybridized carbons (Fsp3) is 0.143. The maximum absolute atomic E-state index is 4.29. The molecule has 2 aromatic rings. The molecule has 6 heteroatoms. The summed E-state index contributed by atoms with van der Waals surface area (Å²) in [7, 11) is 0. The van der Waals surface area contributed by atoms with E-state index in [1.165, 1.54) is 0 Å². The van der Waals surface area contributed by atoms with Crippen molar-refractivity contribution in [1.29, 1.82) is 0 Å². The molecule has 0 radical (unpaired) electrons. The van der Waals surface area contributed by atoms with Gasteiger partial charge in [-0.2, -0.15) is 5.10 Å². The highest BCUT2D eigenvalue weighted by Crippen LogP contribution is 2.32. The lowest BCUT2D eigenvalue weighted by atomic mass is 10.3. The summed E-state index contributed by atoms with van der Waals surface area (Å²) in [6.45, 7) is 2.00. The molecule has 0 amide bonds. The zero-order valence-corrected chi connectivity index (χ0v) is 11.5. The van der Waals surface area contributed by atoms with E-state index in [0.29, 0.717) is 6.37 Å². The molecule has 0 spiro atoms. The lowest BCUT2D eigenvalue weighted by Crippen LogP contribution is -1.86. The lowest BCUT2D eigenvalue weighted by molar-refractivity contribution is 1.04. The normalized spacial score (nSPS) is 11.9. The van der Waals surface area contributed by atoms with Gasteiger partial charge in [-0.1, -0.05) is 0 Å². The van der Waals surface area contributed by atoms with Crippen LogP contribution in [0.25, 0.3) is 10.9 Å². The van der Waals surface area contributed by atoms with Gasteiger partial charge in [0.25, 0.3) is 0 Å². The Labute approximate surface area is 98.8 Å². The molecule has 0 bridgehead atoms. The van der Waals surface area contributed by atoms with E-state index in [4.69, 9.17) is 0 Å². The second-order valence-corrected chi connectivity index (χ2v) is 5.49. The average molecular weight is 370 g/mol. The third-order valence-corrected chi connectivity index (χ3v) is 4.29. The molecule has 0 saturated carbocycles. The van der Waals surface area contributed by atoms with Gasteiger partial charge in [-0.25, -0.2) is 4.45 Å². The molecule has 0 N–H and O–H groups in total. The van der Waals surface area contributed by atoms with E-state index < -0.39 is 0 Å². The van der Waals surface area contributed by atoms with Crippen LogP contribution in [0.15, 0.2) is 16.9 Å². The van der Waals surface area contributed by atoms with Gasteiger partial charge in [-0.05, 0) is 44.9 Å². The van der Waals surface area contributed by atoms with Crippen LogP contribution in [0, 0.1) is 6.92 Å². The summed E-state index contributed by atoms with van der Waals surface area (Å²) >= 11 is 5.79. The van der Waals surface area contributed by atoms with Crippen LogP contribution in [0.1, 0.15) is 5.69 Å². The van der Waals surface area contributed by atoms with Crippen molar-refractivity contribution in [2.24, 2.45) is 0 Å². The molecular weight excluding hydrogens is 364 g/mol. The Morgan fingerprint density at radius 1 is 1.54 bits per heavy atom. The van der Waals surface area contributed by atoms with Crippen LogP contribution in [0.5, 0.6) is 0 Å². The summed E-state index contributed by atoms with van der Waals surface area (Å²) in [6, 6.07) is 0. The van der Waals surface area contributed by atoms with Crippen molar-refractivity contribution in [2.75, 3.05) is 0 Å². The Morgan fingerprint density at radius 3 is 3.00 bits per heavy atom. The third kappa shape index (κ3) is 1.62. The van der Waals surface area contributed by atoms with Gasteiger partial charge in [0.1, 0.15) is 0 Å². The molecular formula is C7H6BrIN3P. The van der Waals surface area contributed by atoms with Gasteiger partial charge < -0.3 is 0 Å². The molecule has 13 heavy (non-hydrogen) atoms. The largest absolute Gasteiger partial charge is 0.260 e. The van der Waals surface area contributed by atoms with Crippen molar-refractivity contribution in [3.8, 4) is 0 Å². The summed E-state index contributed by atoms with van der Waals surface area (Å²) in [5.74, 6) is 0. The monoisotopic (exact) mass is 369 g/mol. The Hall–Kier alpha value is 0.260. The topological polar surface area (TPSA) is 30.7 Å². The average Bonchev–Trinajstić information content (AvgIpc) is 2.56. The zero-order chi connectivity index (χ0) is 9.42. The first kappa shape index (κ1) is 9.80. The van der Waals surface area contributed by atoms with Crippen molar-refractivity contribution in [1.82, 2.24) is 14.5 Å². The molecule has 0 aromatic carbocycles. The molecule has 0 fully saturated rings. The zero-order valence-electron chi connectivity index (χ0n) is 6.75. The Balaban J connectivity index is 2.87. The number of fused-ring (bicyclic) bond motifs is 1. The Morgan fingerprint density at radius 2 is 2.31 bits per heavy atom. The number of nitrogens with zero attached hydrogens (tertiary/aromatic N) is 3. The molecule has 68 valence electrons. The van der Waals surface area contributed by atoms with Crippen LogP contribution in [-0.2, 0) is 0 Å². The first-order valence-electron chi connectivity index (χ1n) is 3.59. The minimum Gasteiger partial charge on any atom is -0.260 e. The van der Waals surface area contributed by atoms with E-state index in [1.807, 2.05) is 23.8 Å². The van der Waals surface area contributed by atoms with Crippen LogP contribution >= 0.6 is 44.3 Å². The van der Waals surface area contributed by atoms with Crippen LogP contribution in [-0.4, -0.2) is 14.5 Å². The second kappa shape index (κ2) is 3.79. The van der Waals surface area contributed by atoms with Crippen molar-refractivity contribution in [2.45, 2.75) is 6.92 Å². The number of hydrogen-bond acceptors (Lipinski definition) is 2. The molecule has 2 aromatic heterocycles. The number of hydrogen-bond donors (Lipinski definition) is 0. The smallest absolute Gasteiger partial charge is 0.0905 e. The Bertz CT molecular complexity index is 456. The predicted molar refractivity (Wildman–Crippen MR) is 67.7 cm³/mol. The van der Waals surface area contributed by atoms with Gasteiger partial charge in [-0.15, -0.1) is 0 Å². The van der Waals surface area contributed by atoms with Crippen LogP contribution in [0.3, 0.4) is 0 Å². The number of pyridine rings is 1. The van der Waals surface area contributed by atoms with E-state index in [1.54, 1.807) is 0 Å². The summed E-state index contributed by atoms with van der Waals surface area (Å²) in [4.78, 5) is 4.25. The highest BCUT2D eigenvalue weighted by Gasteiger charge is 2.08. The fourth-order valence-electron chi connectivity index (χ4n) is 1.19. The van der Waals surface area contributed by atoms with E-state index in [-0.39, 0.29) is 0 Å². The van der Waals surface area contributed by atoms with Gasteiger partial charge >= 0.3 is 0 Å². The number of aromatic nitrogens is 3. The molecule has 2 rings (SSSR count). The molecule has 1 unspecified atom stereocenters. The van der Waals surface area contributed by atoms with E-state index in [0.717, 1.165) is 21.1 Å². The number of aryl methyl sites for hydroxylation is 1. The van der Waals surface area contributed by atoms with Gasteiger partial charge in [0.15, 0.2) is 0 Å². The minimum absolute atomic E-state index is 0.619. The minimum atomic E-state index is 0.619. The van der Waals surface area contributed by atoms with Gasteiger partial charge in [0, 0.05) is 17.3 Å². The van der Waals surface area contributed by atoms with Crippen molar-refractivity contribution in [3.05, 3.63) is 22.6 Å². The highest BCUT2D eigenvalue weighted by atomic mass is 127. The molecule has 2 heterocycles. The first-order valence-corrected chi connectivity index (χ1v) is 8.45. The summed E-state index contributed by atoms with van der Waals surface area (Å²) < 4.78 is 2.99. The Kier molecular flexibility index (Phi) is 2.86. The molecule has 3 nitrogen and oxygen atoms in total. The van der Waals surface area contributed by atoms with Crippen molar-refractivity contribution < 1.29 is 0 Å². The van der Waals surface area contributed by atoms with E-state index in [9.17, 15) is 0 Å². The van der Waals surface area contributed by atoms with E-state index >= 15 is 0 Å². The summed E-state index contributed by atoms with van der Waals surface area (Å²) in [5, 5.41) is 5.41. The lowest BCUT2D eigenvalue weighted by Gasteiger charge is -2.00. The summed E-state index contributed by atoms with van der Waals surface area (Å²) in [5.41, 5.74) is 2.17. The quantitative estimate of drug-likeness (QED) is 0.570. The number of halogens is 2. The van der Waals surface area contributed by atoms with Crippen LogP contribution < -0.4 is 0 Å². The van der Waals surface area contributed by atoms with Crippen LogP contribution in [0.2, 0.25) is 0 Å². The van der Waals surface area contributed by atoms with Crippen molar-refractivity contribution >= 4 is 55.2 Å². The predicted octanol–water partition coefficient (Wildman–Crippen LogP) is 3.29. The van der Waals surface area contributed by atoms with Crippen molar-refractivity contribution in [3.63, 3.8) is 0 Å². The molecule has 0 aliphatic carbocycles. The number of rotatable bonds is 1. The van der Waals surface area contributed by atoms with Gasteiger partial charge in [-0.3, -0.25) is 4.98 Å². The van der Waals surface area contributed by atoms with E-state index in [2.05, 4.69) is 48.1 Å². The molecule has 0 saturated heterocycles. The maximum atomic E-state index is 4.29. The summed E-state index contributed by atoms with van der Waals surface area (Å²) in [6.07, 6.45) is 4.31. The SMILES string of the molecule is Cc1ncc(Br)c2c1cnn2PI. The molecule has 0 aliphatic rings.